The molecule has 1 aromatic heterocycles. The molecule has 3 amide bonds. The highest BCUT2D eigenvalue weighted by Crippen LogP contribution is 2.27. The molecule has 1 atom stereocenters. The molecule has 202 valence electrons. The van der Waals surface area contributed by atoms with Gasteiger partial charge in [-0.15, -0.1) is 0 Å². The smallest absolute Gasteiger partial charge is 0.263 e. The molecule has 3 N–H and O–H groups in total. The summed E-state index contributed by atoms with van der Waals surface area (Å²) < 4.78 is 28.4. The van der Waals surface area contributed by atoms with Crippen LogP contribution in [-0.2, 0) is 22.6 Å². The standard InChI is InChI=1S/C30H24F2N4O4/c1-17-7-10-22(30(40)36(17)16-18-8-11-23(31)24(32)13-18)28(38)35-27(19-5-3-2-4-6-19)29(39)33-21-9-12-25-20(14-21)15-26(37)34-25/h2-14,27H,15-16H2,1H3,(H,33,39)(H,34,37)(H,35,38). The Balaban J connectivity index is 1.41. The third-order valence-corrected chi connectivity index (χ3v) is 6.63. The van der Waals surface area contributed by atoms with E-state index in [1.165, 1.54) is 16.7 Å². The van der Waals surface area contributed by atoms with Crippen molar-refractivity contribution in [2.75, 3.05) is 10.6 Å². The van der Waals surface area contributed by atoms with Crippen molar-refractivity contribution in [3.05, 3.63) is 129 Å². The number of carbonyl (C=O) groups excluding carboxylic acids is 3. The fourth-order valence-corrected chi connectivity index (χ4v) is 4.54. The number of aryl methyl sites for hydroxylation is 1. The summed E-state index contributed by atoms with van der Waals surface area (Å²) >= 11 is 0. The number of benzene rings is 3. The number of amides is 3. The molecule has 2 heterocycles. The average Bonchev–Trinajstić information content (AvgIpc) is 3.31. The molecule has 0 fully saturated rings. The Kier molecular flexibility index (Phi) is 7.24. The van der Waals surface area contributed by atoms with Gasteiger partial charge in [-0.3, -0.25) is 19.2 Å². The number of anilines is 2. The second-order valence-electron chi connectivity index (χ2n) is 9.43. The molecule has 0 saturated heterocycles. The van der Waals surface area contributed by atoms with Crippen LogP contribution in [0, 0.1) is 18.6 Å². The molecule has 3 aromatic carbocycles. The van der Waals surface area contributed by atoms with Crippen molar-refractivity contribution >= 4 is 29.1 Å². The maximum atomic E-state index is 13.7. The number of aromatic nitrogens is 1. The van der Waals surface area contributed by atoms with Crippen LogP contribution in [0.15, 0.2) is 83.7 Å². The number of hydrogen-bond acceptors (Lipinski definition) is 4. The minimum atomic E-state index is -1.15. The lowest BCUT2D eigenvalue weighted by molar-refractivity contribution is -0.118. The van der Waals surface area contributed by atoms with Crippen molar-refractivity contribution in [3.63, 3.8) is 0 Å². The second-order valence-corrected chi connectivity index (χ2v) is 9.43. The molecule has 1 aliphatic rings. The monoisotopic (exact) mass is 542 g/mol. The number of halogens is 2. The summed E-state index contributed by atoms with van der Waals surface area (Å²) in [7, 11) is 0. The number of rotatable bonds is 7. The number of nitrogens with zero attached hydrogens (tertiary/aromatic N) is 1. The summed E-state index contributed by atoms with van der Waals surface area (Å²) in [6.07, 6.45) is 0.197. The quantitative estimate of drug-likeness (QED) is 0.327. The Morgan fingerprint density at radius 3 is 2.48 bits per heavy atom. The van der Waals surface area contributed by atoms with Gasteiger partial charge in [0.15, 0.2) is 11.6 Å². The van der Waals surface area contributed by atoms with Gasteiger partial charge in [0, 0.05) is 17.1 Å². The van der Waals surface area contributed by atoms with Crippen LogP contribution in [0.3, 0.4) is 0 Å². The number of carbonyl (C=O) groups is 3. The highest BCUT2D eigenvalue weighted by molar-refractivity contribution is 6.03. The van der Waals surface area contributed by atoms with Gasteiger partial charge in [-0.1, -0.05) is 36.4 Å². The topological polar surface area (TPSA) is 109 Å². The highest BCUT2D eigenvalue weighted by Gasteiger charge is 2.26. The highest BCUT2D eigenvalue weighted by atomic mass is 19.2. The molecular weight excluding hydrogens is 518 g/mol. The van der Waals surface area contributed by atoms with Gasteiger partial charge in [-0.05, 0) is 66.1 Å². The summed E-state index contributed by atoms with van der Waals surface area (Å²) in [5, 5.41) is 8.16. The van der Waals surface area contributed by atoms with Gasteiger partial charge in [0.2, 0.25) is 5.91 Å². The van der Waals surface area contributed by atoms with Crippen molar-refractivity contribution < 1.29 is 23.2 Å². The van der Waals surface area contributed by atoms with Crippen LogP contribution in [0.2, 0.25) is 0 Å². The maximum absolute atomic E-state index is 13.7. The SMILES string of the molecule is Cc1ccc(C(=O)NC(C(=O)Nc2ccc3c(c2)CC(=O)N3)c2ccccc2)c(=O)n1Cc1ccc(F)c(F)c1. The predicted octanol–water partition coefficient (Wildman–Crippen LogP) is 4.09. The van der Waals surface area contributed by atoms with Crippen molar-refractivity contribution in [3.8, 4) is 0 Å². The molecule has 0 bridgehead atoms. The second kappa shape index (κ2) is 10.9. The lowest BCUT2D eigenvalue weighted by Crippen LogP contribution is -2.40. The Morgan fingerprint density at radius 1 is 0.950 bits per heavy atom. The Morgan fingerprint density at radius 2 is 1.73 bits per heavy atom. The maximum Gasteiger partial charge on any atom is 0.263 e. The molecule has 8 nitrogen and oxygen atoms in total. The molecule has 1 unspecified atom stereocenters. The lowest BCUT2D eigenvalue weighted by atomic mass is 10.0. The van der Waals surface area contributed by atoms with Crippen LogP contribution in [0.4, 0.5) is 20.2 Å². The summed E-state index contributed by atoms with van der Waals surface area (Å²) in [6, 6.07) is 18.7. The molecule has 10 heteroatoms. The molecule has 0 saturated carbocycles. The van der Waals surface area contributed by atoms with Crippen molar-refractivity contribution in [2.24, 2.45) is 0 Å². The van der Waals surface area contributed by atoms with Gasteiger partial charge in [0.1, 0.15) is 11.6 Å². The van der Waals surface area contributed by atoms with Gasteiger partial charge in [0.05, 0.1) is 13.0 Å². The van der Waals surface area contributed by atoms with Crippen LogP contribution in [0.1, 0.15) is 38.8 Å². The van der Waals surface area contributed by atoms with Crippen LogP contribution >= 0.6 is 0 Å². The normalized spacial score (nSPS) is 12.8. The van der Waals surface area contributed by atoms with Crippen LogP contribution in [0.25, 0.3) is 0 Å². The first kappa shape index (κ1) is 26.5. The van der Waals surface area contributed by atoms with Crippen molar-refractivity contribution in [1.29, 1.82) is 0 Å². The third-order valence-electron chi connectivity index (χ3n) is 6.63. The van der Waals surface area contributed by atoms with E-state index in [2.05, 4.69) is 16.0 Å². The summed E-state index contributed by atoms with van der Waals surface area (Å²) in [6.45, 7) is 1.57. The molecule has 4 aromatic rings. The van der Waals surface area contributed by atoms with Crippen LogP contribution in [0.5, 0.6) is 0 Å². The fraction of sp³-hybridized carbons (Fsp3) is 0.133. The van der Waals surface area contributed by atoms with E-state index in [1.54, 1.807) is 61.5 Å². The van der Waals surface area contributed by atoms with E-state index >= 15 is 0 Å². The Bertz CT molecular complexity index is 1700. The van der Waals surface area contributed by atoms with E-state index in [-0.39, 0.29) is 24.4 Å². The van der Waals surface area contributed by atoms with E-state index in [0.717, 1.165) is 17.7 Å². The number of pyridine rings is 1. The van der Waals surface area contributed by atoms with Gasteiger partial charge in [-0.2, -0.15) is 0 Å². The Labute approximate surface area is 227 Å². The van der Waals surface area contributed by atoms with Crippen LogP contribution < -0.4 is 21.5 Å². The summed E-state index contributed by atoms with van der Waals surface area (Å²) in [5.74, 6) is -3.51. The van der Waals surface area contributed by atoms with Crippen molar-refractivity contribution in [2.45, 2.75) is 25.9 Å². The largest absolute Gasteiger partial charge is 0.336 e. The summed E-state index contributed by atoms with van der Waals surface area (Å²) in [5.41, 5.74) is 2.33. The molecule has 1 aliphatic heterocycles. The lowest BCUT2D eigenvalue weighted by Gasteiger charge is -2.20. The number of hydrogen-bond donors (Lipinski definition) is 3. The molecule has 40 heavy (non-hydrogen) atoms. The van der Waals surface area contributed by atoms with Crippen molar-refractivity contribution in [1.82, 2.24) is 9.88 Å². The third kappa shape index (κ3) is 5.51. The predicted molar refractivity (Wildman–Crippen MR) is 145 cm³/mol. The van der Waals surface area contributed by atoms with Gasteiger partial charge in [0.25, 0.3) is 17.4 Å². The number of fused-ring (bicyclic) bond motifs is 1. The number of nitrogens with one attached hydrogen (secondary N) is 3. The molecule has 0 aliphatic carbocycles. The molecule has 0 radical (unpaired) electrons. The van der Waals surface area contributed by atoms with E-state index in [4.69, 9.17) is 0 Å². The van der Waals surface area contributed by atoms with Gasteiger partial charge < -0.3 is 20.5 Å². The minimum absolute atomic E-state index is 0.0821. The van der Waals surface area contributed by atoms with E-state index < -0.39 is 35.0 Å². The van der Waals surface area contributed by atoms with Gasteiger partial charge >= 0.3 is 0 Å². The van der Waals surface area contributed by atoms with E-state index in [0.29, 0.717) is 28.2 Å². The average molecular weight is 543 g/mol. The molecule has 5 rings (SSSR count). The zero-order valence-electron chi connectivity index (χ0n) is 21.3. The van der Waals surface area contributed by atoms with Crippen LogP contribution in [-0.4, -0.2) is 22.3 Å². The van der Waals surface area contributed by atoms with Gasteiger partial charge in [-0.25, -0.2) is 8.78 Å². The van der Waals surface area contributed by atoms with E-state index in [9.17, 15) is 28.0 Å². The summed E-state index contributed by atoms with van der Waals surface area (Å²) in [4.78, 5) is 51.7. The fourth-order valence-electron chi connectivity index (χ4n) is 4.54. The first-order chi connectivity index (χ1) is 19.2. The molecular formula is C30H24F2N4O4. The Hall–Kier alpha value is -5.12. The first-order valence-electron chi connectivity index (χ1n) is 12.4. The molecule has 0 spiro atoms. The van der Waals surface area contributed by atoms with E-state index in [1.807, 2.05) is 0 Å². The first-order valence-corrected chi connectivity index (χ1v) is 12.4. The zero-order chi connectivity index (χ0) is 28.4. The minimum Gasteiger partial charge on any atom is -0.336 e. The zero-order valence-corrected chi connectivity index (χ0v) is 21.3.